The van der Waals surface area contributed by atoms with Crippen molar-refractivity contribution in [1.82, 2.24) is 15.2 Å². The van der Waals surface area contributed by atoms with Gasteiger partial charge in [-0.1, -0.05) is 48.0 Å². The molecule has 6 nitrogen and oxygen atoms in total. The number of hydrogen-bond acceptors (Lipinski definition) is 4. The van der Waals surface area contributed by atoms with Crippen molar-refractivity contribution in [1.29, 1.82) is 0 Å². The van der Waals surface area contributed by atoms with Crippen molar-refractivity contribution in [3.05, 3.63) is 84.2 Å². The lowest BCUT2D eigenvalue weighted by molar-refractivity contribution is -0.147. The van der Waals surface area contributed by atoms with Gasteiger partial charge < -0.3 is 15.0 Å². The number of rotatable bonds is 6. The molecular weight excluding hydrogens is 402 g/mol. The van der Waals surface area contributed by atoms with E-state index >= 15 is 0 Å². The number of piperazine rings is 1. The fourth-order valence-electron chi connectivity index (χ4n) is 3.92. The first-order valence-electron chi connectivity index (χ1n) is 10.8. The van der Waals surface area contributed by atoms with E-state index in [9.17, 15) is 9.59 Å². The molecule has 1 fully saturated rings. The van der Waals surface area contributed by atoms with E-state index < -0.39 is 12.1 Å². The molecule has 1 aromatic heterocycles. The lowest BCUT2D eigenvalue weighted by Crippen LogP contribution is -2.60. The molecule has 1 aliphatic rings. The summed E-state index contributed by atoms with van der Waals surface area (Å²) >= 11 is 0. The van der Waals surface area contributed by atoms with Crippen LogP contribution in [0.15, 0.2) is 73.1 Å². The molecule has 0 radical (unpaired) electrons. The smallest absolute Gasteiger partial charge is 0.264 e. The molecule has 3 aromatic rings. The molecule has 2 atom stereocenters. The highest BCUT2D eigenvalue weighted by atomic mass is 16.5. The zero-order valence-corrected chi connectivity index (χ0v) is 18.3. The average molecular weight is 430 g/mol. The van der Waals surface area contributed by atoms with E-state index in [2.05, 4.69) is 10.3 Å². The molecule has 1 saturated heterocycles. The minimum Gasteiger partial charge on any atom is -0.481 e. The summed E-state index contributed by atoms with van der Waals surface area (Å²) < 4.78 is 5.87. The minimum atomic E-state index is -0.687. The predicted octanol–water partition coefficient (Wildman–Crippen LogP) is 3.39. The van der Waals surface area contributed by atoms with Crippen LogP contribution in [0.5, 0.6) is 5.75 Å². The molecule has 6 heteroatoms. The number of aryl methyl sites for hydroxylation is 1. The summed E-state index contributed by atoms with van der Waals surface area (Å²) in [6.07, 6.45) is 3.30. The first-order valence-corrected chi connectivity index (χ1v) is 10.8. The van der Waals surface area contributed by atoms with E-state index in [0.29, 0.717) is 25.3 Å². The third kappa shape index (κ3) is 4.97. The highest BCUT2D eigenvalue weighted by Gasteiger charge is 2.35. The second-order valence-electron chi connectivity index (χ2n) is 8.06. The van der Waals surface area contributed by atoms with Gasteiger partial charge in [0.05, 0.1) is 0 Å². The van der Waals surface area contributed by atoms with Crippen LogP contribution < -0.4 is 10.1 Å². The van der Waals surface area contributed by atoms with E-state index in [1.165, 1.54) is 0 Å². The van der Waals surface area contributed by atoms with Gasteiger partial charge in [0.1, 0.15) is 11.8 Å². The van der Waals surface area contributed by atoms with Gasteiger partial charge in [-0.05, 0) is 48.7 Å². The standard InChI is InChI=1S/C26H27N3O3/c1-18-8-10-23(11-9-18)32-19(2)26(31)29-14-13-28-25(30)24(29)16-20-5-3-6-21(15-20)22-7-4-12-27-17-22/h3-12,15,17,19,24H,13-14,16H2,1-2H3,(H,28,30)/t19-,24+/m1/s1. The van der Waals surface area contributed by atoms with Gasteiger partial charge in [0.2, 0.25) is 5.91 Å². The highest BCUT2D eigenvalue weighted by Crippen LogP contribution is 2.22. The molecule has 164 valence electrons. The van der Waals surface area contributed by atoms with Crippen LogP contribution in [-0.4, -0.2) is 46.9 Å². The van der Waals surface area contributed by atoms with Crippen LogP contribution in [0.2, 0.25) is 0 Å². The maximum Gasteiger partial charge on any atom is 0.264 e. The van der Waals surface area contributed by atoms with Gasteiger partial charge in [-0.3, -0.25) is 14.6 Å². The summed E-state index contributed by atoms with van der Waals surface area (Å²) in [7, 11) is 0. The van der Waals surface area contributed by atoms with Crippen LogP contribution >= 0.6 is 0 Å². The Kier molecular flexibility index (Phi) is 6.50. The van der Waals surface area contributed by atoms with Gasteiger partial charge in [-0.2, -0.15) is 0 Å². The third-order valence-corrected chi connectivity index (χ3v) is 5.65. The summed E-state index contributed by atoms with van der Waals surface area (Å²) in [4.78, 5) is 31.8. The largest absolute Gasteiger partial charge is 0.481 e. The van der Waals surface area contributed by atoms with Crippen molar-refractivity contribution < 1.29 is 14.3 Å². The summed E-state index contributed by atoms with van der Waals surface area (Å²) in [5.41, 5.74) is 4.15. The zero-order valence-electron chi connectivity index (χ0n) is 18.3. The number of aromatic nitrogens is 1. The first-order chi connectivity index (χ1) is 15.5. The number of hydrogen-bond donors (Lipinski definition) is 1. The molecule has 0 saturated carbocycles. The highest BCUT2D eigenvalue weighted by molar-refractivity contribution is 5.90. The van der Waals surface area contributed by atoms with Crippen molar-refractivity contribution in [2.24, 2.45) is 0 Å². The summed E-state index contributed by atoms with van der Waals surface area (Å²) in [6, 6.07) is 18.9. The van der Waals surface area contributed by atoms with E-state index in [1.54, 1.807) is 18.0 Å². The topological polar surface area (TPSA) is 71.5 Å². The van der Waals surface area contributed by atoms with Crippen molar-refractivity contribution in [3.8, 4) is 16.9 Å². The Balaban J connectivity index is 1.51. The summed E-state index contributed by atoms with van der Waals surface area (Å²) in [6.45, 7) is 4.63. The molecule has 0 spiro atoms. The maximum atomic E-state index is 13.2. The molecule has 1 N–H and O–H groups in total. The van der Waals surface area contributed by atoms with Gasteiger partial charge in [0.15, 0.2) is 6.10 Å². The van der Waals surface area contributed by atoms with Crippen molar-refractivity contribution >= 4 is 11.8 Å². The zero-order chi connectivity index (χ0) is 22.5. The molecule has 32 heavy (non-hydrogen) atoms. The second-order valence-corrected chi connectivity index (χ2v) is 8.06. The average Bonchev–Trinajstić information content (AvgIpc) is 2.82. The Morgan fingerprint density at radius 3 is 2.69 bits per heavy atom. The number of ether oxygens (including phenoxy) is 1. The minimum absolute atomic E-state index is 0.140. The molecule has 0 aliphatic carbocycles. The Bertz CT molecular complexity index is 1080. The van der Waals surface area contributed by atoms with Gasteiger partial charge in [-0.15, -0.1) is 0 Å². The van der Waals surface area contributed by atoms with Gasteiger partial charge in [0.25, 0.3) is 5.91 Å². The van der Waals surface area contributed by atoms with Crippen LogP contribution in [0.1, 0.15) is 18.1 Å². The Morgan fingerprint density at radius 2 is 1.94 bits per heavy atom. The predicted molar refractivity (Wildman–Crippen MR) is 123 cm³/mol. The molecule has 0 unspecified atom stereocenters. The Labute approximate surface area is 188 Å². The van der Waals surface area contributed by atoms with Gasteiger partial charge in [0, 0.05) is 31.9 Å². The lowest BCUT2D eigenvalue weighted by Gasteiger charge is -2.36. The van der Waals surface area contributed by atoms with Crippen LogP contribution in [0.4, 0.5) is 0 Å². The molecule has 2 aromatic carbocycles. The maximum absolute atomic E-state index is 13.2. The monoisotopic (exact) mass is 429 g/mol. The molecule has 1 aliphatic heterocycles. The number of pyridine rings is 1. The Morgan fingerprint density at radius 1 is 1.16 bits per heavy atom. The van der Waals surface area contributed by atoms with Crippen LogP contribution in [-0.2, 0) is 16.0 Å². The number of nitrogens with one attached hydrogen (secondary N) is 1. The normalized spacial score (nSPS) is 16.9. The first kappa shape index (κ1) is 21.6. The van der Waals surface area contributed by atoms with E-state index in [1.807, 2.05) is 73.8 Å². The van der Waals surface area contributed by atoms with Crippen LogP contribution in [0, 0.1) is 6.92 Å². The van der Waals surface area contributed by atoms with E-state index in [4.69, 9.17) is 4.74 Å². The summed E-state index contributed by atoms with van der Waals surface area (Å²) in [5, 5.41) is 2.89. The third-order valence-electron chi connectivity index (χ3n) is 5.65. The molecule has 2 amide bonds. The van der Waals surface area contributed by atoms with Gasteiger partial charge >= 0.3 is 0 Å². The number of carbonyl (C=O) groups excluding carboxylic acids is 2. The second kappa shape index (κ2) is 9.64. The molecular formula is C26H27N3O3. The number of benzene rings is 2. The number of amides is 2. The SMILES string of the molecule is Cc1ccc(O[C@H](C)C(=O)N2CCNC(=O)[C@@H]2Cc2cccc(-c3cccnc3)c2)cc1. The van der Waals surface area contributed by atoms with Crippen LogP contribution in [0.25, 0.3) is 11.1 Å². The molecule has 0 bridgehead atoms. The van der Waals surface area contributed by atoms with Crippen molar-refractivity contribution in [2.75, 3.05) is 13.1 Å². The fourth-order valence-corrected chi connectivity index (χ4v) is 3.92. The summed E-state index contributed by atoms with van der Waals surface area (Å²) in [5.74, 6) is 0.311. The molecule has 4 rings (SSSR count). The molecule has 2 heterocycles. The van der Waals surface area contributed by atoms with E-state index in [0.717, 1.165) is 22.3 Å². The van der Waals surface area contributed by atoms with Crippen LogP contribution in [0.3, 0.4) is 0 Å². The lowest BCUT2D eigenvalue weighted by atomic mass is 9.98. The van der Waals surface area contributed by atoms with Crippen molar-refractivity contribution in [2.45, 2.75) is 32.4 Å². The fraction of sp³-hybridized carbons (Fsp3) is 0.269. The quantitative estimate of drug-likeness (QED) is 0.652. The van der Waals surface area contributed by atoms with Crippen molar-refractivity contribution in [3.63, 3.8) is 0 Å². The Hall–Kier alpha value is -3.67. The van der Waals surface area contributed by atoms with E-state index in [-0.39, 0.29) is 11.8 Å². The van der Waals surface area contributed by atoms with Gasteiger partial charge in [-0.25, -0.2) is 0 Å². The number of carbonyl (C=O) groups is 2. The number of nitrogens with zero attached hydrogens (tertiary/aromatic N) is 2.